The molecule has 2 rings (SSSR count). The normalized spacial score (nSPS) is 23.2. The van der Waals surface area contributed by atoms with Crippen molar-refractivity contribution in [2.45, 2.75) is 26.4 Å². The maximum absolute atomic E-state index is 12.2. The van der Waals surface area contributed by atoms with Crippen molar-refractivity contribution < 1.29 is 9.90 Å². The SMILES string of the molecule is CCNc1ccc(C(=O)N2CCC(C)C(O)C2)nn1. The van der Waals surface area contributed by atoms with Gasteiger partial charge in [0.1, 0.15) is 5.82 Å². The van der Waals surface area contributed by atoms with Crippen molar-refractivity contribution in [2.75, 3.05) is 25.0 Å². The fraction of sp³-hybridized carbons (Fsp3) is 0.615. The Morgan fingerprint density at radius 2 is 2.32 bits per heavy atom. The number of carbonyl (C=O) groups excluding carboxylic acids is 1. The summed E-state index contributed by atoms with van der Waals surface area (Å²) in [5, 5.41) is 20.7. The Balaban J connectivity index is 2.03. The molecule has 1 aromatic heterocycles. The van der Waals surface area contributed by atoms with Crippen LogP contribution in [0, 0.1) is 5.92 Å². The van der Waals surface area contributed by atoms with Crippen molar-refractivity contribution in [3.8, 4) is 0 Å². The van der Waals surface area contributed by atoms with E-state index in [0.717, 1.165) is 13.0 Å². The number of carbonyl (C=O) groups is 1. The fourth-order valence-corrected chi connectivity index (χ4v) is 2.12. The molecule has 6 nitrogen and oxygen atoms in total. The van der Waals surface area contributed by atoms with E-state index in [9.17, 15) is 9.90 Å². The number of aromatic nitrogens is 2. The third kappa shape index (κ3) is 3.20. The van der Waals surface area contributed by atoms with Crippen molar-refractivity contribution in [3.05, 3.63) is 17.8 Å². The maximum atomic E-state index is 12.2. The first-order chi connectivity index (χ1) is 9.11. The Kier molecular flexibility index (Phi) is 4.31. The van der Waals surface area contributed by atoms with Crippen molar-refractivity contribution in [1.29, 1.82) is 0 Å². The van der Waals surface area contributed by atoms with Crippen LogP contribution in [-0.4, -0.2) is 51.8 Å². The molecular weight excluding hydrogens is 244 g/mol. The zero-order valence-electron chi connectivity index (χ0n) is 11.3. The summed E-state index contributed by atoms with van der Waals surface area (Å²) < 4.78 is 0. The highest BCUT2D eigenvalue weighted by atomic mass is 16.3. The average Bonchev–Trinajstić information content (AvgIpc) is 2.42. The summed E-state index contributed by atoms with van der Waals surface area (Å²) in [6.07, 6.45) is 0.363. The van der Waals surface area contributed by atoms with Gasteiger partial charge in [-0.25, -0.2) is 0 Å². The molecule has 1 aliphatic heterocycles. The third-order valence-corrected chi connectivity index (χ3v) is 3.45. The molecule has 2 atom stereocenters. The van der Waals surface area contributed by atoms with Crippen molar-refractivity contribution in [2.24, 2.45) is 5.92 Å². The molecule has 0 saturated carbocycles. The summed E-state index contributed by atoms with van der Waals surface area (Å²) in [4.78, 5) is 13.9. The largest absolute Gasteiger partial charge is 0.391 e. The number of nitrogens with zero attached hydrogens (tertiary/aromatic N) is 3. The summed E-state index contributed by atoms with van der Waals surface area (Å²) in [6, 6.07) is 3.41. The van der Waals surface area contributed by atoms with Crippen molar-refractivity contribution >= 4 is 11.7 Å². The zero-order valence-corrected chi connectivity index (χ0v) is 11.3. The number of rotatable bonds is 3. The van der Waals surface area contributed by atoms with Gasteiger partial charge in [-0.3, -0.25) is 4.79 Å². The topological polar surface area (TPSA) is 78.4 Å². The van der Waals surface area contributed by atoms with E-state index < -0.39 is 6.10 Å². The number of amides is 1. The standard InChI is InChI=1S/C13H20N4O2/c1-3-14-12-5-4-10(15-16-12)13(19)17-7-6-9(2)11(18)8-17/h4-5,9,11,18H,3,6-8H2,1-2H3,(H,14,16). The van der Waals surface area contributed by atoms with Crippen LogP contribution in [0.2, 0.25) is 0 Å². The monoisotopic (exact) mass is 264 g/mol. The summed E-state index contributed by atoms with van der Waals surface area (Å²) >= 11 is 0. The van der Waals surface area contributed by atoms with Crippen LogP contribution in [0.1, 0.15) is 30.8 Å². The molecule has 1 amide bonds. The first kappa shape index (κ1) is 13.7. The van der Waals surface area contributed by atoms with Crippen LogP contribution in [0.5, 0.6) is 0 Å². The van der Waals surface area contributed by atoms with Crippen LogP contribution < -0.4 is 5.32 Å². The number of nitrogens with one attached hydrogen (secondary N) is 1. The molecule has 6 heteroatoms. The van der Waals surface area contributed by atoms with Crippen LogP contribution in [0.15, 0.2) is 12.1 Å². The highest BCUT2D eigenvalue weighted by molar-refractivity contribution is 5.92. The summed E-state index contributed by atoms with van der Waals surface area (Å²) in [7, 11) is 0. The lowest BCUT2D eigenvalue weighted by atomic mass is 9.96. The molecule has 0 aromatic carbocycles. The number of hydrogen-bond donors (Lipinski definition) is 2. The number of likely N-dealkylation sites (tertiary alicyclic amines) is 1. The second-order valence-corrected chi connectivity index (χ2v) is 4.92. The lowest BCUT2D eigenvalue weighted by molar-refractivity contribution is 0.0244. The minimum absolute atomic E-state index is 0.165. The first-order valence-electron chi connectivity index (χ1n) is 6.66. The Morgan fingerprint density at radius 1 is 1.53 bits per heavy atom. The van der Waals surface area contributed by atoms with Crippen LogP contribution in [0.4, 0.5) is 5.82 Å². The highest BCUT2D eigenvalue weighted by Gasteiger charge is 2.28. The number of β-amino-alcohol motifs (C(OH)–C–C–N with tert-alkyl or cyclic N) is 1. The van der Waals surface area contributed by atoms with Gasteiger partial charge in [0.25, 0.3) is 5.91 Å². The Hall–Kier alpha value is -1.69. The van der Waals surface area contributed by atoms with E-state index in [1.807, 2.05) is 13.8 Å². The lowest BCUT2D eigenvalue weighted by Crippen LogP contribution is -2.46. The van der Waals surface area contributed by atoms with Gasteiger partial charge in [-0.2, -0.15) is 0 Å². The van der Waals surface area contributed by atoms with Gasteiger partial charge < -0.3 is 15.3 Å². The van der Waals surface area contributed by atoms with Gasteiger partial charge in [0, 0.05) is 19.6 Å². The van der Waals surface area contributed by atoms with E-state index in [1.165, 1.54) is 0 Å². The Labute approximate surface area is 112 Å². The smallest absolute Gasteiger partial charge is 0.274 e. The van der Waals surface area contributed by atoms with Crippen LogP contribution in [-0.2, 0) is 0 Å². The molecule has 1 aliphatic rings. The number of anilines is 1. The van der Waals surface area contributed by atoms with E-state index in [0.29, 0.717) is 24.6 Å². The first-order valence-corrected chi connectivity index (χ1v) is 6.66. The molecule has 0 spiro atoms. The Morgan fingerprint density at radius 3 is 2.89 bits per heavy atom. The number of aliphatic hydroxyl groups excluding tert-OH is 1. The van der Waals surface area contributed by atoms with Crippen molar-refractivity contribution in [1.82, 2.24) is 15.1 Å². The molecule has 0 bridgehead atoms. The second-order valence-electron chi connectivity index (χ2n) is 4.92. The molecule has 2 N–H and O–H groups in total. The van der Waals surface area contributed by atoms with Crippen LogP contribution >= 0.6 is 0 Å². The van der Waals surface area contributed by atoms with Crippen LogP contribution in [0.25, 0.3) is 0 Å². The Bertz CT molecular complexity index is 435. The molecule has 2 unspecified atom stereocenters. The molecule has 104 valence electrons. The summed E-state index contributed by atoms with van der Waals surface area (Å²) in [5.74, 6) is 0.735. The van der Waals surface area contributed by atoms with E-state index in [-0.39, 0.29) is 11.8 Å². The maximum Gasteiger partial charge on any atom is 0.274 e. The van der Waals surface area contributed by atoms with E-state index in [2.05, 4.69) is 15.5 Å². The third-order valence-electron chi connectivity index (χ3n) is 3.45. The highest BCUT2D eigenvalue weighted by Crippen LogP contribution is 2.18. The van der Waals surface area contributed by atoms with E-state index >= 15 is 0 Å². The molecule has 1 aromatic rings. The predicted octanol–water partition coefficient (Wildman–Crippen LogP) is 0.751. The van der Waals surface area contributed by atoms with Gasteiger partial charge in [0.15, 0.2) is 5.69 Å². The number of aliphatic hydroxyl groups is 1. The number of piperidine rings is 1. The summed E-state index contributed by atoms with van der Waals surface area (Å²) in [6.45, 7) is 5.76. The second kappa shape index (κ2) is 5.97. The van der Waals surface area contributed by atoms with Gasteiger partial charge in [-0.1, -0.05) is 6.92 Å². The average molecular weight is 264 g/mol. The van der Waals surface area contributed by atoms with Gasteiger partial charge in [0.05, 0.1) is 6.10 Å². The van der Waals surface area contributed by atoms with E-state index in [4.69, 9.17) is 0 Å². The molecule has 2 heterocycles. The molecular formula is C13H20N4O2. The molecule has 1 saturated heterocycles. The predicted molar refractivity (Wildman–Crippen MR) is 71.9 cm³/mol. The van der Waals surface area contributed by atoms with Gasteiger partial charge in [-0.15, -0.1) is 10.2 Å². The fourth-order valence-electron chi connectivity index (χ4n) is 2.12. The molecule has 1 fully saturated rings. The zero-order chi connectivity index (χ0) is 13.8. The van der Waals surface area contributed by atoms with Gasteiger partial charge in [0.2, 0.25) is 0 Å². The lowest BCUT2D eigenvalue weighted by Gasteiger charge is -2.33. The minimum atomic E-state index is -0.452. The van der Waals surface area contributed by atoms with Gasteiger partial charge >= 0.3 is 0 Å². The molecule has 0 aliphatic carbocycles. The molecule has 19 heavy (non-hydrogen) atoms. The number of hydrogen-bond acceptors (Lipinski definition) is 5. The quantitative estimate of drug-likeness (QED) is 0.842. The molecule has 0 radical (unpaired) electrons. The van der Waals surface area contributed by atoms with Crippen molar-refractivity contribution in [3.63, 3.8) is 0 Å². The minimum Gasteiger partial charge on any atom is -0.391 e. The summed E-state index contributed by atoms with van der Waals surface area (Å²) in [5.41, 5.74) is 0.323. The van der Waals surface area contributed by atoms with Crippen LogP contribution in [0.3, 0.4) is 0 Å². The van der Waals surface area contributed by atoms with Gasteiger partial charge in [-0.05, 0) is 31.4 Å². The van der Waals surface area contributed by atoms with E-state index in [1.54, 1.807) is 17.0 Å².